The van der Waals surface area contributed by atoms with Crippen molar-refractivity contribution in [3.05, 3.63) is 65.5 Å². The molecule has 1 fully saturated rings. The van der Waals surface area contributed by atoms with Crippen LogP contribution in [0.1, 0.15) is 27.5 Å². The predicted octanol–water partition coefficient (Wildman–Crippen LogP) is 2.78. The topological polar surface area (TPSA) is 84.4 Å². The summed E-state index contributed by atoms with van der Waals surface area (Å²) < 4.78 is 5.43. The summed E-state index contributed by atoms with van der Waals surface area (Å²) in [6, 6.07) is 10.3. The molecule has 8 heteroatoms. The largest absolute Gasteiger partial charge is 0.481 e. The standard InChI is InChI=1S/C20H17ClN4O3/c1-11-3-4-15-13(9-11)10-14(19(23-15)28-2)17-16(21)20(27)25(17)24-18(26)12-5-7-22-8-6-12/h3-10,16-17H,1-2H3,(H,24,26). The quantitative estimate of drug-likeness (QED) is 0.541. The van der Waals surface area contributed by atoms with Crippen molar-refractivity contribution >= 4 is 34.3 Å². The van der Waals surface area contributed by atoms with Crippen LogP contribution < -0.4 is 10.2 Å². The van der Waals surface area contributed by atoms with E-state index >= 15 is 0 Å². The first-order chi connectivity index (χ1) is 13.5. The molecule has 2 unspecified atom stereocenters. The number of aromatic nitrogens is 2. The summed E-state index contributed by atoms with van der Waals surface area (Å²) in [6.07, 6.45) is 3.01. The van der Waals surface area contributed by atoms with Gasteiger partial charge in [-0.15, -0.1) is 11.6 Å². The number of benzene rings is 1. The number of β-lactam (4-membered cyclic amide) rings is 1. The van der Waals surface area contributed by atoms with E-state index in [1.807, 2.05) is 31.2 Å². The van der Waals surface area contributed by atoms with Crippen LogP contribution in [0.25, 0.3) is 10.9 Å². The molecule has 3 heterocycles. The molecule has 1 aromatic carbocycles. The number of methoxy groups -OCH3 is 1. The summed E-state index contributed by atoms with van der Waals surface area (Å²) >= 11 is 6.30. The van der Waals surface area contributed by atoms with Gasteiger partial charge in [0.2, 0.25) is 5.88 Å². The van der Waals surface area contributed by atoms with Gasteiger partial charge in [-0.05, 0) is 37.3 Å². The summed E-state index contributed by atoms with van der Waals surface area (Å²) in [6.45, 7) is 1.99. The molecule has 2 aromatic heterocycles. The highest BCUT2D eigenvalue weighted by molar-refractivity contribution is 6.33. The number of halogens is 1. The summed E-state index contributed by atoms with van der Waals surface area (Å²) in [5.74, 6) is -0.448. The fraction of sp³-hybridized carbons (Fsp3) is 0.200. The molecule has 1 aliphatic rings. The van der Waals surface area contributed by atoms with E-state index in [4.69, 9.17) is 16.3 Å². The Morgan fingerprint density at radius 1 is 1.21 bits per heavy atom. The van der Waals surface area contributed by atoms with Crippen molar-refractivity contribution in [2.75, 3.05) is 7.11 Å². The summed E-state index contributed by atoms with van der Waals surface area (Å²) in [7, 11) is 1.51. The van der Waals surface area contributed by atoms with Crippen LogP contribution in [0.4, 0.5) is 0 Å². The van der Waals surface area contributed by atoms with Gasteiger partial charge in [-0.25, -0.2) is 9.99 Å². The van der Waals surface area contributed by atoms with Crippen molar-refractivity contribution < 1.29 is 14.3 Å². The van der Waals surface area contributed by atoms with Crippen molar-refractivity contribution in [1.82, 2.24) is 20.4 Å². The van der Waals surface area contributed by atoms with Gasteiger partial charge in [-0.2, -0.15) is 0 Å². The Kier molecular flexibility index (Phi) is 4.60. The van der Waals surface area contributed by atoms with Crippen molar-refractivity contribution in [2.24, 2.45) is 0 Å². The Balaban J connectivity index is 1.70. The number of nitrogens with one attached hydrogen (secondary N) is 1. The van der Waals surface area contributed by atoms with Crippen LogP contribution in [0.3, 0.4) is 0 Å². The zero-order valence-electron chi connectivity index (χ0n) is 15.2. The number of carbonyl (C=O) groups is 2. The number of pyridine rings is 2. The first-order valence-electron chi connectivity index (χ1n) is 8.63. The molecule has 1 N–H and O–H groups in total. The number of hydrogen-bond donors (Lipinski definition) is 1. The number of rotatable bonds is 4. The van der Waals surface area contributed by atoms with Crippen LogP contribution in [0.15, 0.2) is 48.8 Å². The van der Waals surface area contributed by atoms with Gasteiger partial charge in [-0.1, -0.05) is 11.6 Å². The summed E-state index contributed by atoms with van der Waals surface area (Å²) in [5.41, 5.74) is 5.50. The van der Waals surface area contributed by atoms with Gasteiger partial charge in [0, 0.05) is 28.9 Å². The van der Waals surface area contributed by atoms with Gasteiger partial charge in [0.05, 0.1) is 12.6 Å². The van der Waals surface area contributed by atoms with E-state index in [1.54, 1.807) is 12.1 Å². The molecule has 1 aliphatic heterocycles. The monoisotopic (exact) mass is 396 g/mol. The van der Waals surface area contributed by atoms with Crippen LogP contribution in [0, 0.1) is 6.92 Å². The Labute approximate surface area is 166 Å². The fourth-order valence-electron chi connectivity index (χ4n) is 3.22. The van der Waals surface area contributed by atoms with Crippen LogP contribution in [-0.2, 0) is 4.79 Å². The maximum Gasteiger partial charge on any atom is 0.270 e. The molecule has 7 nitrogen and oxygen atoms in total. The van der Waals surface area contributed by atoms with Gasteiger partial charge >= 0.3 is 0 Å². The number of carbonyl (C=O) groups excluding carboxylic acids is 2. The lowest BCUT2D eigenvalue weighted by atomic mass is 9.94. The highest BCUT2D eigenvalue weighted by Gasteiger charge is 2.50. The third-order valence-electron chi connectivity index (χ3n) is 4.67. The first-order valence-corrected chi connectivity index (χ1v) is 9.06. The second kappa shape index (κ2) is 7.09. The molecule has 0 bridgehead atoms. The lowest BCUT2D eigenvalue weighted by molar-refractivity contribution is -0.149. The molecular formula is C20H17ClN4O3. The van der Waals surface area contributed by atoms with E-state index in [1.165, 1.54) is 24.5 Å². The first kappa shape index (κ1) is 18.2. The van der Waals surface area contributed by atoms with E-state index in [0.29, 0.717) is 17.0 Å². The van der Waals surface area contributed by atoms with Gasteiger partial charge < -0.3 is 4.74 Å². The smallest absolute Gasteiger partial charge is 0.270 e. The number of hydrazine groups is 1. The van der Waals surface area contributed by atoms with E-state index < -0.39 is 17.3 Å². The number of aryl methyl sites for hydroxylation is 1. The molecule has 3 aromatic rings. The van der Waals surface area contributed by atoms with Gasteiger partial charge in [-0.3, -0.25) is 20.0 Å². The lowest BCUT2D eigenvalue weighted by Crippen LogP contribution is -2.63. The molecular weight excluding hydrogens is 380 g/mol. The summed E-state index contributed by atoms with van der Waals surface area (Å²) in [5, 5.41) is 1.30. The number of fused-ring (bicyclic) bond motifs is 1. The number of alkyl halides is 1. The fourth-order valence-corrected chi connectivity index (χ4v) is 3.58. The third kappa shape index (κ3) is 3.03. The van der Waals surface area contributed by atoms with Crippen molar-refractivity contribution in [3.8, 4) is 5.88 Å². The number of nitrogens with zero attached hydrogens (tertiary/aromatic N) is 3. The average Bonchev–Trinajstić information content (AvgIpc) is 2.72. The van der Waals surface area contributed by atoms with E-state index in [0.717, 1.165) is 16.5 Å². The van der Waals surface area contributed by atoms with Crippen LogP contribution in [0.2, 0.25) is 0 Å². The van der Waals surface area contributed by atoms with E-state index in [-0.39, 0.29) is 5.91 Å². The maximum absolute atomic E-state index is 12.5. The molecule has 2 atom stereocenters. The molecule has 0 saturated carbocycles. The lowest BCUT2D eigenvalue weighted by Gasteiger charge is -2.44. The van der Waals surface area contributed by atoms with Crippen LogP contribution >= 0.6 is 11.6 Å². The minimum atomic E-state index is -0.823. The van der Waals surface area contributed by atoms with E-state index in [2.05, 4.69) is 15.4 Å². The summed E-state index contributed by atoms with van der Waals surface area (Å²) in [4.78, 5) is 33.2. The zero-order chi connectivity index (χ0) is 19.8. The van der Waals surface area contributed by atoms with E-state index in [9.17, 15) is 9.59 Å². The molecule has 0 spiro atoms. The van der Waals surface area contributed by atoms with Crippen molar-refractivity contribution in [3.63, 3.8) is 0 Å². The second-order valence-corrected chi connectivity index (χ2v) is 6.98. The molecule has 4 rings (SSSR count). The van der Waals surface area contributed by atoms with Gasteiger partial charge in [0.1, 0.15) is 11.4 Å². The Morgan fingerprint density at radius 2 is 1.96 bits per heavy atom. The van der Waals surface area contributed by atoms with Crippen molar-refractivity contribution in [2.45, 2.75) is 18.3 Å². The SMILES string of the molecule is COc1nc2ccc(C)cc2cc1C1C(Cl)C(=O)N1NC(=O)c1ccncc1. The average molecular weight is 397 g/mol. The Morgan fingerprint density at radius 3 is 2.68 bits per heavy atom. The van der Waals surface area contributed by atoms with Crippen LogP contribution in [0.5, 0.6) is 5.88 Å². The normalized spacial score (nSPS) is 18.7. The number of hydrogen-bond acceptors (Lipinski definition) is 5. The highest BCUT2D eigenvalue weighted by Crippen LogP contribution is 2.41. The molecule has 28 heavy (non-hydrogen) atoms. The molecule has 1 saturated heterocycles. The van der Waals surface area contributed by atoms with Gasteiger partial charge in [0.15, 0.2) is 0 Å². The second-order valence-electron chi connectivity index (χ2n) is 6.51. The predicted molar refractivity (Wildman–Crippen MR) is 104 cm³/mol. The molecule has 142 valence electrons. The Hall–Kier alpha value is -3.19. The van der Waals surface area contributed by atoms with Crippen molar-refractivity contribution in [1.29, 1.82) is 0 Å². The Bertz CT molecular complexity index is 1070. The number of amides is 2. The molecule has 0 radical (unpaired) electrons. The zero-order valence-corrected chi connectivity index (χ0v) is 16.0. The third-order valence-corrected chi connectivity index (χ3v) is 5.09. The molecule has 0 aliphatic carbocycles. The van der Waals surface area contributed by atoms with Crippen LogP contribution in [-0.4, -0.2) is 39.3 Å². The minimum Gasteiger partial charge on any atom is -0.481 e. The molecule has 2 amide bonds. The van der Waals surface area contributed by atoms with Gasteiger partial charge in [0.25, 0.3) is 11.8 Å². The highest BCUT2D eigenvalue weighted by atomic mass is 35.5. The number of ether oxygens (including phenoxy) is 1. The maximum atomic E-state index is 12.5. The minimum absolute atomic E-state index is 0.364.